The normalized spacial score (nSPS) is 21.5. The van der Waals surface area contributed by atoms with Gasteiger partial charge in [-0.2, -0.15) is 0 Å². The van der Waals surface area contributed by atoms with Crippen LogP contribution in [0.4, 0.5) is 4.79 Å². The number of hydrogen-bond donors (Lipinski definition) is 2. The Morgan fingerprint density at radius 1 is 1.65 bits per heavy atom. The van der Waals surface area contributed by atoms with Gasteiger partial charge >= 0.3 is 6.03 Å². The Kier molecular flexibility index (Phi) is 3.69. The SMILES string of the molecule is CC(CN)N1CC(c2cccc(Br)c2)NC1=O. The molecular weight excluding hydrogens is 282 g/mol. The number of amides is 2. The predicted octanol–water partition coefficient (Wildman–Crippen LogP) is 1.86. The zero-order valence-electron chi connectivity index (χ0n) is 9.69. The maximum absolute atomic E-state index is 11.8. The highest BCUT2D eigenvalue weighted by Gasteiger charge is 2.32. The number of rotatable bonds is 3. The number of nitrogens with two attached hydrogens (primary N) is 1. The summed E-state index contributed by atoms with van der Waals surface area (Å²) in [4.78, 5) is 13.6. The lowest BCUT2D eigenvalue weighted by molar-refractivity contribution is 0.203. The van der Waals surface area contributed by atoms with E-state index in [0.29, 0.717) is 13.1 Å². The average Bonchev–Trinajstić information content (AvgIpc) is 2.70. The van der Waals surface area contributed by atoms with Gasteiger partial charge in [-0.25, -0.2) is 4.79 Å². The zero-order valence-corrected chi connectivity index (χ0v) is 11.3. The number of benzene rings is 1. The van der Waals surface area contributed by atoms with Gasteiger partial charge in [-0.05, 0) is 24.6 Å². The topological polar surface area (TPSA) is 58.4 Å². The fourth-order valence-electron chi connectivity index (χ4n) is 1.98. The van der Waals surface area contributed by atoms with Crippen molar-refractivity contribution in [2.24, 2.45) is 5.73 Å². The Morgan fingerprint density at radius 2 is 2.41 bits per heavy atom. The molecule has 1 heterocycles. The third-order valence-electron chi connectivity index (χ3n) is 3.06. The summed E-state index contributed by atoms with van der Waals surface area (Å²) in [5.74, 6) is 0. The molecule has 1 aliphatic rings. The first-order valence-corrected chi connectivity index (χ1v) is 6.43. The van der Waals surface area contributed by atoms with Crippen molar-refractivity contribution in [2.45, 2.75) is 19.0 Å². The van der Waals surface area contributed by atoms with Crippen LogP contribution in [0.25, 0.3) is 0 Å². The molecule has 0 aromatic heterocycles. The molecule has 1 aliphatic heterocycles. The molecular formula is C12H16BrN3O. The van der Waals surface area contributed by atoms with Gasteiger partial charge in [-0.3, -0.25) is 0 Å². The molecule has 92 valence electrons. The molecule has 1 aromatic rings. The second kappa shape index (κ2) is 5.06. The van der Waals surface area contributed by atoms with Crippen molar-refractivity contribution in [3.63, 3.8) is 0 Å². The van der Waals surface area contributed by atoms with Gasteiger partial charge in [0.25, 0.3) is 0 Å². The number of carbonyl (C=O) groups excluding carboxylic acids is 1. The minimum atomic E-state index is -0.0343. The van der Waals surface area contributed by atoms with Gasteiger partial charge < -0.3 is 16.0 Å². The summed E-state index contributed by atoms with van der Waals surface area (Å²) in [5.41, 5.74) is 6.70. The molecule has 5 heteroatoms. The minimum Gasteiger partial charge on any atom is -0.329 e. The van der Waals surface area contributed by atoms with E-state index in [9.17, 15) is 4.79 Å². The van der Waals surface area contributed by atoms with Crippen molar-refractivity contribution in [3.05, 3.63) is 34.3 Å². The van der Waals surface area contributed by atoms with E-state index in [-0.39, 0.29) is 18.1 Å². The maximum Gasteiger partial charge on any atom is 0.318 e. The number of hydrogen-bond acceptors (Lipinski definition) is 2. The number of halogens is 1. The lowest BCUT2D eigenvalue weighted by Gasteiger charge is -2.21. The molecule has 0 radical (unpaired) electrons. The number of nitrogens with zero attached hydrogens (tertiary/aromatic N) is 1. The number of nitrogens with one attached hydrogen (secondary N) is 1. The van der Waals surface area contributed by atoms with Crippen LogP contribution in [0.15, 0.2) is 28.7 Å². The largest absolute Gasteiger partial charge is 0.329 e. The molecule has 3 N–H and O–H groups in total. The number of urea groups is 1. The molecule has 4 nitrogen and oxygen atoms in total. The average molecular weight is 298 g/mol. The van der Waals surface area contributed by atoms with Crippen molar-refractivity contribution in [3.8, 4) is 0 Å². The maximum atomic E-state index is 11.8. The summed E-state index contributed by atoms with van der Waals surface area (Å²) in [6.07, 6.45) is 0. The summed E-state index contributed by atoms with van der Waals surface area (Å²) in [6.45, 7) is 3.12. The molecule has 2 unspecified atom stereocenters. The van der Waals surface area contributed by atoms with Crippen LogP contribution in [-0.2, 0) is 0 Å². The van der Waals surface area contributed by atoms with E-state index in [2.05, 4.69) is 21.2 Å². The van der Waals surface area contributed by atoms with Gasteiger partial charge in [0.2, 0.25) is 0 Å². The molecule has 0 spiro atoms. The van der Waals surface area contributed by atoms with Crippen molar-refractivity contribution in [1.29, 1.82) is 0 Å². The van der Waals surface area contributed by atoms with E-state index in [0.717, 1.165) is 10.0 Å². The standard InChI is InChI=1S/C12H16BrN3O/c1-8(6-14)16-7-11(15-12(16)17)9-3-2-4-10(13)5-9/h2-5,8,11H,6-7,14H2,1H3,(H,15,17). The van der Waals surface area contributed by atoms with Crippen LogP contribution < -0.4 is 11.1 Å². The van der Waals surface area contributed by atoms with Crippen molar-refractivity contribution < 1.29 is 4.79 Å². The zero-order chi connectivity index (χ0) is 12.4. The summed E-state index contributed by atoms with van der Waals surface area (Å²) in [7, 11) is 0. The van der Waals surface area contributed by atoms with Crippen LogP contribution in [0.1, 0.15) is 18.5 Å². The van der Waals surface area contributed by atoms with Gasteiger partial charge in [0, 0.05) is 23.6 Å². The van der Waals surface area contributed by atoms with Gasteiger partial charge in [0.1, 0.15) is 0 Å². The van der Waals surface area contributed by atoms with Crippen LogP contribution in [0.2, 0.25) is 0 Å². The van der Waals surface area contributed by atoms with Crippen molar-refractivity contribution >= 4 is 22.0 Å². The molecule has 0 bridgehead atoms. The van der Waals surface area contributed by atoms with E-state index in [1.165, 1.54) is 0 Å². The smallest absolute Gasteiger partial charge is 0.318 e. The Balaban J connectivity index is 2.13. The molecule has 1 saturated heterocycles. The lowest BCUT2D eigenvalue weighted by Crippen LogP contribution is -2.40. The highest BCUT2D eigenvalue weighted by Crippen LogP contribution is 2.23. The predicted molar refractivity (Wildman–Crippen MR) is 70.6 cm³/mol. The van der Waals surface area contributed by atoms with Crippen LogP contribution in [0, 0.1) is 0 Å². The highest BCUT2D eigenvalue weighted by atomic mass is 79.9. The quantitative estimate of drug-likeness (QED) is 0.895. The summed E-state index contributed by atoms with van der Waals surface area (Å²) in [6, 6.07) is 8.09. The molecule has 1 aromatic carbocycles. The van der Waals surface area contributed by atoms with Crippen molar-refractivity contribution in [2.75, 3.05) is 13.1 Å². The Morgan fingerprint density at radius 3 is 3.06 bits per heavy atom. The lowest BCUT2D eigenvalue weighted by atomic mass is 10.1. The minimum absolute atomic E-state index is 0.0343. The van der Waals surface area contributed by atoms with E-state index in [1.807, 2.05) is 31.2 Å². The molecule has 0 aliphatic carbocycles. The Hall–Kier alpha value is -1.07. The first kappa shape index (κ1) is 12.4. The molecule has 17 heavy (non-hydrogen) atoms. The van der Waals surface area contributed by atoms with Crippen LogP contribution in [0.3, 0.4) is 0 Å². The van der Waals surface area contributed by atoms with E-state index < -0.39 is 0 Å². The Labute approximate surface area is 109 Å². The monoisotopic (exact) mass is 297 g/mol. The highest BCUT2D eigenvalue weighted by molar-refractivity contribution is 9.10. The van der Waals surface area contributed by atoms with Crippen LogP contribution in [-0.4, -0.2) is 30.1 Å². The summed E-state index contributed by atoms with van der Waals surface area (Å²) in [5, 5.41) is 2.97. The first-order valence-electron chi connectivity index (χ1n) is 5.64. The van der Waals surface area contributed by atoms with Gasteiger partial charge in [-0.1, -0.05) is 28.1 Å². The van der Waals surface area contributed by atoms with E-state index in [1.54, 1.807) is 4.90 Å². The molecule has 2 atom stereocenters. The summed E-state index contributed by atoms with van der Waals surface area (Å²) < 4.78 is 1.02. The van der Waals surface area contributed by atoms with Gasteiger partial charge in [0.15, 0.2) is 0 Å². The Bertz CT molecular complexity index is 424. The van der Waals surface area contributed by atoms with E-state index in [4.69, 9.17) is 5.73 Å². The molecule has 0 saturated carbocycles. The summed E-state index contributed by atoms with van der Waals surface area (Å²) >= 11 is 3.44. The first-order chi connectivity index (χ1) is 8.11. The van der Waals surface area contributed by atoms with Crippen molar-refractivity contribution in [1.82, 2.24) is 10.2 Å². The van der Waals surface area contributed by atoms with Crippen LogP contribution >= 0.6 is 15.9 Å². The van der Waals surface area contributed by atoms with Crippen LogP contribution in [0.5, 0.6) is 0 Å². The fraction of sp³-hybridized carbons (Fsp3) is 0.417. The van der Waals surface area contributed by atoms with Gasteiger partial charge in [-0.15, -0.1) is 0 Å². The number of carbonyl (C=O) groups is 1. The fourth-order valence-corrected chi connectivity index (χ4v) is 2.39. The third-order valence-corrected chi connectivity index (χ3v) is 3.56. The third kappa shape index (κ3) is 2.61. The second-order valence-corrected chi connectivity index (χ2v) is 5.21. The van der Waals surface area contributed by atoms with Gasteiger partial charge in [0.05, 0.1) is 6.04 Å². The van der Waals surface area contributed by atoms with E-state index >= 15 is 0 Å². The second-order valence-electron chi connectivity index (χ2n) is 4.29. The molecule has 2 rings (SSSR count). The molecule has 2 amide bonds. The molecule has 1 fully saturated rings.